The summed E-state index contributed by atoms with van der Waals surface area (Å²) in [6, 6.07) is 26.3. The standard InChI is InChI=1S/C29H20ClN5O4S/c1-40(38,39)28-25-27(35(32-28)24-5-3-2-4-6-24)31-26(34(29(25)36)23-13-11-22(30)12-14-23)21-9-7-19(8-10-21)20-15-17-33(37)18-16-20/h2-18H,1H3. The van der Waals surface area contributed by atoms with E-state index < -0.39 is 15.4 Å². The van der Waals surface area contributed by atoms with Crippen molar-refractivity contribution < 1.29 is 13.1 Å². The molecule has 0 saturated heterocycles. The second kappa shape index (κ2) is 9.74. The maximum Gasteiger partial charge on any atom is 0.270 e. The highest BCUT2D eigenvalue weighted by Gasteiger charge is 2.27. The molecule has 9 nitrogen and oxygen atoms in total. The van der Waals surface area contributed by atoms with Gasteiger partial charge in [-0.1, -0.05) is 54.1 Å². The Balaban J connectivity index is 1.66. The second-order valence-electron chi connectivity index (χ2n) is 9.10. The molecule has 0 fully saturated rings. The Kier molecular flexibility index (Phi) is 6.21. The Morgan fingerprint density at radius 3 is 2.02 bits per heavy atom. The van der Waals surface area contributed by atoms with E-state index in [-0.39, 0.29) is 21.9 Å². The summed E-state index contributed by atoms with van der Waals surface area (Å²) < 4.78 is 29.0. The van der Waals surface area contributed by atoms with Crippen molar-refractivity contribution in [1.82, 2.24) is 19.3 Å². The molecule has 6 rings (SSSR count). The van der Waals surface area contributed by atoms with Gasteiger partial charge in [0.15, 0.2) is 32.9 Å². The van der Waals surface area contributed by atoms with Crippen LogP contribution in [0.25, 0.3) is 44.9 Å². The summed E-state index contributed by atoms with van der Waals surface area (Å²) in [5, 5.41) is 15.8. The van der Waals surface area contributed by atoms with Gasteiger partial charge in [-0.25, -0.2) is 18.1 Å². The molecule has 0 aliphatic carbocycles. The van der Waals surface area contributed by atoms with Crippen LogP contribution in [-0.4, -0.2) is 34.0 Å². The molecule has 0 amide bonds. The van der Waals surface area contributed by atoms with E-state index in [9.17, 15) is 18.4 Å². The Morgan fingerprint density at radius 2 is 1.40 bits per heavy atom. The van der Waals surface area contributed by atoms with Crippen LogP contribution in [0, 0.1) is 5.21 Å². The number of benzene rings is 3. The van der Waals surface area contributed by atoms with Crippen molar-refractivity contribution in [1.29, 1.82) is 0 Å². The Labute approximate surface area is 233 Å². The smallest absolute Gasteiger partial charge is 0.270 e. The van der Waals surface area contributed by atoms with Crippen molar-refractivity contribution in [3.8, 4) is 33.9 Å². The first-order chi connectivity index (χ1) is 19.2. The number of sulfone groups is 1. The van der Waals surface area contributed by atoms with Gasteiger partial charge in [-0.3, -0.25) is 9.36 Å². The fourth-order valence-electron chi connectivity index (χ4n) is 4.49. The monoisotopic (exact) mass is 569 g/mol. The van der Waals surface area contributed by atoms with Gasteiger partial charge in [0, 0.05) is 29.0 Å². The summed E-state index contributed by atoms with van der Waals surface area (Å²) in [6.45, 7) is 0. The SMILES string of the molecule is CS(=O)(=O)c1nn(-c2ccccc2)c2nc(-c3ccc(-c4cc[n+]([O-])cc4)cc3)n(-c3ccc(Cl)cc3)c(=O)c12. The van der Waals surface area contributed by atoms with Crippen LogP contribution < -0.4 is 10.3 Å². The number of fused-ring (bicyclic) bond motifs is 1. The van der Waals surface area contributed by atoms with E-state index in [0.29, 0.717) is 26.7 Å². The lowest BCUT2D eigenvalue weighted by Crippen LogP contribution is -2.23. The molecule has 3 aromatic heterocycles. The number of aromatic nitrogens is 5. The molecule has 0 radical (unpaired) electrons. The van der Waals surface area contributed by atoms with E-state index >= 15 is 0 Å². The Bertz CT molecular complexity index is 2040. The minimum Gasteiger partial charge on any atom is -0.619 e. The molecule has 40 heavy (non-hydrogen) atoms. The molecule has 198 valence electrons. The second-order valence-corrected chi connectivity index (χ2v) is 11.5. The van der Waals surface area contributed by atoms with Crippen LogP contribution in [0.2, 0.25) is 5.02 Å². The molecule has 11 heteroatoms. The maximum absolute atomic E-state index is 14.2. The minimum atomic E-state index is -3.89. The predicted molar refractivity (Wildman–Crippen MR) is 152 cm³/mol. The topological polar surface area (TPSA) is 114 Å². The summed E-state index contributed by atoms with van der Waals surface area (Å²) >= 11 is 6.12. The molecule has 0 atom stereocenters. The lowest BCUT2D eigenvalue weighted by Gasteiger charge is -2.14. The van der Waals surface area contributed by atoms with Crippen molar-refractivity contribution in [3.63, 3.8) is 0 Å². The molecular weight excluding hydrogens is 550 g/mol. The van der Waals surface area contributed by atoms with Gasteiger partial charge < -0.3 is 5.21 Å². The lowest BCUT2D eigenvalue weighted by molar-refractivity contribution is -0.605. The highest BCUT2D eigenvalue weighted by Crippen LogP contribution is 2.29. The maximum atomic E-state index is 14.2. The zero-order chi connectivity index (χ0) is 28.0. The highest BCUT2D eigenvalue weighted by molar-refractivity contribution is 7.90. The van der Waals surface area contributed by atoms with Crippen LogP contribution in [0.4, 0.5) is 0 Å². The predicted octanol–water partition coefficient (Wildman–Crippen LogP) is 4.60. The van der Waals surface area contributed by atoms with E-state index in [0.717, 1.165) is 17.4 Å². The molecule has 0 bridgehead atoms. The van der Waals surface area contributed by atoms with E-state index in [1.807, 2.05) is 30.3 Å². The van der Waals surface area contributed by atoms with Gasteiger partial charge >= 0.3 is 0 Å². The minimum absolute atomic E-state index is 0.114. The van der Waals surface area contributed by atoms with E-state index in [1.165, 1.54) is 21.6 Å². The van der Waals surface area contributed by atoms with Crippen molar-refractivity contribution in [2.75, 3.05) is 6.26 Å². The molecule has 0 N–H and O–H groups in total. The molecule has 0 spiro atoms. The van der Waals surface area contributed by atoms with Crippen LogP contribution in [-0.2, 0) is 9.84 Å². The van der Waals surface area contributed by atoms with Crippen molar-refractivity contribution >= 4 is 32.5 Å². The van der Waals surface area contributed by atoms with Crippen LogP contribution in [0.1, 0.15) is 0 Å². The van der Waals surface area contributed by atoms with Gasteiger partial charge in [0.1, 0.15) is 11.2 Å². The zero-order valence-electron chi connectivity index (χ0n) is 21.0. The van der Waals surface area contributed by atoms with Crippen molar-refractivity contribution in [3.05, 3.63) is 124 Å². The number of para-hydroxylation sites is 1. The summed E-state index contributed by atoms with van der Waals surface area (Å²) in [6.07, 6.45) is 3.85. The molecule has 0 saturated carbocycles. The quantitative estimate of drug-likeness (QED) is 0.221. The average Bonchev–Trinajstić information content (AvgIpc) is 3.36. The molecule has 6 aromatic rings. The third-order valence-corrected chi connectivity index (χ3v) is 7.62. The van der Waals surface area contributed by atoms with Gasteiger partial charge in [0.2, 0.25) is 0 Å². The van der Waals surface area contributed by atoms with Gasteiger partial charge in [0.05, 0.1) is 11.4 Å². The highest BCUT2D eigenvalue weighted by atomic mass is 35.5. The number of hydrogen-bond acceptors (Lipinski definition) is 6. The van der Waals surface area contributed by atoms with Gasteiger partial charge in [-0.05, 0) is 47.5 Å². The first kappa shape index (κ1) is 25.5. The van der Waals surface area contributed by atoms with Gasteiger partial charge in [-0.15, -0.1) is 0 Å². The first-order valence-electron chi connectivity index (χ1n) is 12.1. The van der Waals surface area contributed by atoms with Crippen LogP contribution in [0.3, 0.4) is 0 Å². The van der Waals surface area contributed by atoms with Crippen molar-refractivity contribution in [2.45, 2.75) is 5.03 Å². The summed E-state index contributed by atoms with van der Waals surface area (Å²) in [4.78, 5) is 19.0. The van der Waals surface area contributed by atoms with Gasteiger partial charge in [-0.2, -0.15) is 9.83 Å². The fourth-order valence-corrected chi connectivity index (χ4v) is 5.39. The third kappa shape index (κ3) is 4.53. The molecule has 0 aliphatic rings. The largest absolute Gasteiger partial charge is 0.619 e. The third-order valence-electron chi connectivity index (χ3n) is 6.38. The van der Waals surface area contributed by atoms with E-state index in [2.05, 4.69) is 5.10 Å². The summed E-state index contributed by atoms with van der Waals surface area (Å²) in [5.41, 5.74) is 2.85. The Morgan fingerprint density at radius 1 is 0.800 bits per heavy atom. The van der Waals surface area contributed by atoms with Crippen LogP contribution in [0.5, 0.6) is 0 Å². The summed E-state index contributed by atoms with van der Waals surface area (Å²) in [7, 11) is -3.89. The normalized spacial score (nSPS) is 11.7. The van der Waals surface area contributed by atoms with Crippen molar-refractivity contribution in [2.24, 2.45) is 0 Å². The first-order valence-corrected chi connectivity index (χ1v) is 14.3. The van der Waals surface area contributed by atoms with Gasteiger partial charge in [0.25, 0.3) is 5.56 Å². The average molecular weight is 570 g/mol. The number of halogens is 1. The number of hydrogen-bond donors (Lipinski definition) is 0. The van der Waals surface area contributed by atoms with E-state index in [1.54, 1.807) is 60.7 Å². The molecule has 3 heterocycles. The Hall–Kier alpha value is -4.80. The zero-order valence-corrected chi connectivity index (χ0v) is 22.5. The molecule has 0 aliphatic heterocycles. The van der Waals surface area contributed by atoms with Crippen LogP contribution >= 0.6 is 11.6 Å². The van der Waals surface area contributed by atoms with E-state index in [4.69, 9.17) is 16.6 Å². The summed E-state index contributed by atoms with van der Waals surface area (Å²) in [5.74, 6) is 0.286. The number of nitrogens with zero attached hydrogens (tertiary/aromatic N) is 5. The molecule has 3 aromatic carbocycles. The fraction of sp³-hybridized carbons (Fsp3) is 0.0345. The number of pyridine rings is 1. The number of rotatable bonds is 5. The lowest BCUT2D eigenvalue weighted by atomic mass is 10.0. The van der Waals surface area contributed by atoms with Crippen LogP contribution in [0.15, 0.2) is 113 Å². The molecule has 0 unspecified atom stereocenters. The molecular formula is C29H20ClN5O4S.